The van der Waals surface area contributed by atoms with Crippen molar-refractivity contribution in [3.63, 3.8) is 0 Å². The first-order valence-corrected chi connectivity index (χ1v) is 10.4. The van der Waals surface area contributed by atoms with Crippen LogP contribution in [0.2, 0.25) is 0 Å². The standard InChI is InChI=1S/C22H33N3O4/c1-4-24(5-2)12-6-8-18(3)23-21(26)10-13-25(16-20-9-7-14-29-20)22(27)19-11-15-28-17-19/h7,9,11,14-15,17-18H,4-6,8,10,12-13,16H2,1-3H3,(H,23,26)/t18-/m0/s1. The predicted molar refractivity (Wildman–Crippen MR) is 111 cm³/mol. The van der Waals surface area contributed by atoms with E-state index in [1.54, 1.807) is 23.3 Å². The maximum Gasteiger partial charge on any atom is 0.257 e. The van der Waals surface area contributed by atoms with E-state index in [-0.39, 0.29) is 24.3 Å². The van der Waals surface area contributed by atoms with Crippen molar-refractivity contribution in [1.82, 2.24) is 15.1 Å². The molecule has 160 valence electrons. The third-order valence-corrected chi connectivity index (χ3v) is 5.00. The van der Waals surface area contributed by atoms with Gasteiger partial charge in [-0.3, -0.25) is 9.59 Å². The van der Waals surface area contributed by atoms with Gasteiger partial charge in [0, 0.05) is 19.0 Å². The van der Waals surface area contributed by atoms with E-state index in [1.807, 2.05) is 13.0 Å². The van der Waals surface area contributed by atoms with Crippen LogP contribution in [0, 0.1) is 0 Å². The summed E-state index contributed by atoms with van der Waals surface area (Å²) in [6, 6.07) is 5.33. The van der Waals surface area contributed by atoms with Gasteiger partial charge < -0.3 is 24.0 Å². The van der Waals surface area contributed by atoms with Crippen molar-refractivity contribution in [2.75, 3.05) is 26.2 Å². The van der Waals surface area contributed by atoms with Crippen LogP contribution in [0.1, 0.15) is 56.2 Å². The van der Waals surface area contributed by atoms with Gasteiger partial charge in [0.25, 0.3) is 5.91 Å². The molecular formula is C22H33N3O4. The fourth-order valence-corrected chi connectivity index (χ4v) is 3.23. The van der Waals surface area contributed by atoms with Crippen molar-refractivity contribution in [1.29, 1.82) is 0 Å². The second-order valence-corrected chi connectivity index (χ2v) is 7.21. The first-order valence-electron chi connectivity index (χ1n) is 10.4. The summed E-state index contributed by atoms with van der Waals surface area (Å²) in [5.74, 6) is 0.437. The molecule has 7 nitrogen and oxygen atoms in total. The average Bonchev–Trinajstić information content (AvgIpc) is 3.42. The minimum Gasteiger partial charge on any atom is -0.472 e. The quantitative estimate of drug-likeness (QED) is 0.553. The van der Waals surface area contributed by atoms with E-state index < -0.39 is 0 Å². The zero-order valence-corrected chi connectivity index (χ0v) is 17.7. The maximum absolute atomic E-state index is 12.7. The molecule has 0 saturated carbocycles. The van der Waals surface area contributed by atoms with Gasteiger partial charge in [-0.1, -0.05) is 13.8 Å². The molecule has 2 amide bonds. The Kier molecular flexibility index (Phi) is 9.50. The van der Waals surface area contributed by atoms with Crippen molar-refractivity contribution in [3.8, 4) is 0 Å². The second-order valence-electron chi connectivity index (χ2n) is 7.21. The SMILES string of the molecule is CCN(CC)CCC[C@H](C)NC(=O)CCN(Cc1ccco1)C(=O)c1ccoc1. The number of furan rings is 2. The molecule has 0 radical (unpaired) electrons. The zero-order valence-electron chi connectivity index (χ0n) is 17.7. The van der Waals surface area contributed by atoms with E-state index in [4.69, 9.17) is 8.83 Å². The number of nitrogens with zero attached hydrogens (tertiary/aromatic N) is 2. The first kappa shape index (κ1) is 22.7. The Morgan fingerprint density at radius 1 is 1.14 bits per heavy atom. The Hall–Kier alpha value is -2.54. The van der Waals surface area contributed by atoms with E-state index in [0.717, 1.165) is 32.5 Å². The van der Waals surface area contributed by atoms with Crippen LogP contribution in [-0.4, -0.2) is 53.8 Å². The Balaban J connectivity index is 1.81. The van der Waals surface area contributed by atoms with E-state index in [1.165, 1.54) is 12.5 Å². The average molecular weight is 404 g/mol. The van der Waals surface area contributed by atoms with Gasteiger partial charge >= 0.3 is 0 Å². The number of amides is 2. The molecule has 29 heavy (non-hydrogen) atoms. The summed E-state index contributed by atoms with van der Waals surface area (Å²) in [5, 5.41) is 3.04. The molecule has 0 aliphatic heterocycles. The Morgan fingerprint density at radius 2 is 1.93 bits per heavy atom. The van der Waals surface area contributed by atoms with Crippen molar-refractivity contribution in [3.05, 3.63) is 48.3 Å². The summed E-state index contributed by atoms with van der Waals surface area (Å²) in [5.41, 5.74) is 0.460. The smallest absolute Gasteiger partial charge is 0.257 e. The van der Waals surface area contributed by atoms with Gasteiger partial charge in [0.1, 0.15) is 12.0 Å². The Labute approximate surface area is 173 Å². The van der Waals surface area contributed by atoms with Crippen LogP contribution in [0.4, 0.5) is 0 Å². The van der Waals surface area contributed by atoms with Crippen LogP contribution < -0.4 is 5.32 Å². The number of carbonyl (C=O) groups excluding carboxylic acids is 2. The van der Waals surface area contributed by atoms with Gasteiger partial charge in [0.2, 0.25) is 5.91 Å². The monoisotopic (exact) mass is 403 g/mol. The summed E-state index contributed by atoms with van der Waals surface area (Å²) >= 11 is 0. The summed E-state index contributed by atoms with van der Waals surface area (Å²) < 4.78 is 10.4. The Morgan fingerprint density at radius 3 is 2.55 bits per heavy atom. The minimum atomic E-state index is -0.185. The van der Waals surface area contributed by atoms with Crippen LogP contribution in [0.5, 0.6) is 0 Å². The van der Waals surface area contributed by atoms with Crippen molar-refractivity contribution >= 4 is 11.8 Å². The van der Waals surface area contributed by atoms with Crippen LogP contribution in [-0.2, 0) is 11.3 Å². The van der Waals surface area contributed by atoms with Gasteiger partial charge in [-0.05, 0) is 57.6 Å². The van der Waals surface area contributed by atoms with Crippen molar-refractivity contribution in [2.45, 2.75) is 52.6 Å². The van der Waals surface area contributed by atoms with Crippen LogP contribution in [0.25, 0.3) is 0 Å². The van der Waals surface area contributed by atoms with E-state index >= 15 is 0 Å². The predicted octanol–water partition coefficient (Wildman–Crippen LogP) is 3.53. The molecule has 7 heteroatoms. The third-order valence-electron chi connectivity index (χ3n) is 5.00. The lowest BCUT2D eigenvalue weighted by Gasteiger charge is -2.22. The summed E-state index contributed by atoms with van der Waals surface area (Å²) in [6.45, 7) is 10.1. The molecule has 0 fully saturated rings. The highest BCUT2D eigenvalue weighted by molar-refractivity contribution is 5.94. The fourth-order valence-electron chi connectivity index (χ4n) is 3.23. The van der Waals surface area contributed by atoms with E-state index in [2.05, 4.69) is 24.1 Å². The summed E-state index contributed by atoms with van der Waals surface area (Å²) in [6.07, 6.45) is 6.67. The molecule has 0 aliphatic rings. The van der Waals surface area contributed by atoms with Crippen molar-refractivity contribution in [2.24, 2.45) is 0 Å². The highest BCUT2D eigenvalue weighted by Gasteiger charge is 2.20. The minimum absolute atomic E-state index is 0.0511. The van der Waals surface area contributed by atoms with Gasteiger partial charge in [0.05, 0.1) is 24.6 Å². The number of hydrogen-bond donors (Lipinski definition) is 1. The highest BCUT2D eigenvalue weighted by atomic mass is 16.3. The lowest BCUT2D eigenvalue weighted by Crippen LogP contribution is -2.37. The van der Waals surface area contributed by atoms with Crippen LogP contribution in [0.15, 0.2) is 45.8 Å². The normalized spacial score (nSPS) is 12.1. The molecule has 0 spiro atoms. The van der Waals surface area contributed by atoms with E-state index in [9.17, 15) is 9.59 Å². The lowest BCUT2D eigenvalue weighted by molar-refractivity contribution is -0.122. The largest absolute Gasteiger partial charge is 0.472 e. The molecule has 1 atom stereocenters. The second kappa shape index (κ2) is 12.1. The summed E-state index contributed by atoms with van der Waals surface area (Å²) in [4.78, 5) is 29.1. The fraction of sp³-hybridized carbons (Fsp3) is 0.545. The first-order chi connectivity index (χ1) is 14.0. The molecule has 0 aliphatic carbocycles. The highest BCUT2D eigenvalue weighted by Crippen LogP contribution is 2.12. The molecule has 1 N–H and O–H groups in total. The number of nitrogens with one attached hydrogen (secondary N) is 1. The van der Waals surface area contributed by atoms with Crippen molar-refractivity contribution < 1.29 is 18.4 Å². The molecule has 2 aromatic heterocycles. The molecule has 2 heterocycles. The number of carbonyl (C=O) groups is 2. The zero-order chi connectivity index (χ0) is 21.1. The molecule has 0 saturated heterocycles. The topological polar surface area (TPSA) is 78.9 Å². The molecule has 0 bridgehead atoms. The van der Waals surface area contributed by atoms with Crippen LogP contribution in [0.3, 0.4) is 0 Å². The van der Waals surface area contributed by atoms with Gasteiger partial charge in [-0.25, -0.2) is 0 Å². The number of rotatable bonds is 13. The lowest BCUT2D eigenvalue weighted by atomic mass is 10.1. The Bertz CT molecular complexity index is 709. The van der Waals surface area contributed by atoms with E-state index in [0.29, 0.717) is 24.4 Å². The molecular weight excluding hydrogens is 370 g/mol. The van der Waals surface area contributed by atoms with Gasteiger partial charge in [-0.15, -0.1) is 0 Å². The number of hydrogen-bond acceptors (Lipinski definition) is 5. The third kappa shape index (κ3) is 7.77. The van der Waals surface area contributed by atoms with Gasteiger partial charge in [-0.2, -0.15) is 0 Å². The maximum atomic E-state index is 12.7. The molecule has 0 unspecified atom stereocenters. The van der Waals surface area contributed by atoms with Crippen LogP contribution >= 0.6 is 0 Å². The molecule has 2 aromatic rings. The molecule has 0 aromatic carbocycles. The summed E-state index contributed by atoms with van der Waals surface area (Å²) in [7, 11) is 0. The van der Waals surface area contributed by atoms with Gasteiger partial charge in [0.15, 0.2) is 0 Å². The molecule has 2 rings (SSSR count).